The smallest absolute Gasteiger partial charge is 0.272 e. The molecule has 2 heterocycles. The topological polar surface area (TPSA) is 61.1 Å². The van der Waals surface area contributed by atoms with Gasteiger partial charge in [0.1, 0.15) is 11.6 Å². The van der Waals surface area contributed by atoms with Crippen LogP contribution >= 0.6 is 0 Å². The lowest BCUT2D eigenvalue weighted by Crippen LogP contribution is -2.11. The van der Waals surface area contributed by atoms with E-state index in [2.05, 4.69) is 44.0 Å². The molecule has 2 aromatic heterocycles. The lowest BCUT2D eigenvalue weighted by Gasteiger charge is -2.19. The van der Waals surface area contributed by atoms with Gasteiger partial charge >= 0.3 is 0 Å². The number of rotatable bonds is 1. The second-order valence-corrected chi connectivity index (χ2v) is 6.46. The molecule has 0 radical (unpaired) electrons. The second-order valence-electron chi connectivity index (χ2n) is 6.46. The predicted molar refractivity (Wildman–Crippen MR) is 86.9 cm³/mol. The van der Waals surface area contributed by atoms with Gasteiger partial charge in [0, 0.05) is 12.4 Å². The van der Waals surface area contributed by atoms with E-state index in [1.807, 2.05) is 18.3 Å². The Hall–Kier alpha value is -2.80. The summed E-state index contributed by atoms with van der Waals surface area (Å²) < 4.78 is 1.70. The molecule has 0 saturated carbocycles. The molecule has 1 aromatic carbocycles. The molecule has 110 valence electrons. The van der Waals surface area contributed by atoms with Crippen molar-refractivity contribution in [1.82, 2.24) is 9.38 Å². The number of H-pyrrole nitrogens is 1. The van der Waals surface area contributed by atoms with Crippen molar-refractivity contribution in [2.45, 2.75) is 26.2 Å². The van der Waals surface area contributed by atoms with Crippen molar-refractivity contribution in [3.63, 3.8) is 0 Å². The Bertz CT molecular complexity index is 932. The molecule has 0 bridgehead atoms. The van der Waals surface area contributed by atoms with E-state index in [-0.39, 0.29) is 11.0 Å². The Morgan fingerprint density at radius 2 is 1.82 bits per heavy atom. The predicted octanol–water partition coefficient (Wildman–Crippen LogP) is 3.46. The average molecular weight is 291 g/mol. The molecule has 0 aliphatic rings. The molecule has 0 amide bonds. The van der Waals surface area contributed by atoms with Crippen LogP contribution in [0.2, 0.25) is 0 Å². The molecule has 0 fully saturated rings. The number of benzene rings is 1. The van der Waals surface area contributed by atoms with Crippen molar-refractivity contribution >= 4 is 5.52 Å². The van der Waals surface area contributed by atoms with Gasteiger partial charge in [-0.15, -0.1) is 0 Å². The molecular weight excluding hydrogens is 274 g/mol. The second kappa shape index (κ2) is 4.88. The summed E-state index contributed by atoms with van der Waals surface area (Å²) >= 11 is 0. The van der Waals surface area contributed by atoms with Gasteiger partial charge in [0.05, 0.1) is 11.3 Å². The summed E-state index contributed by atoms with van der Waals surface area (Å²) in [5.74, 6) is 0. The summed E-state index contributed by atoms with van der Waals surface area (Å²) in [5.41, 5.74) is 3.78. The summed E-state index contributed by atoms with van der Waals surface area (Å²) in [4.78, 5) is 15.0. The Morgan fingerprint density at radius 3 is 2.41 bits per heavy atom. The zero-order valence-corrected chi connectivity index (χ0v) is 12.8. The third kappa shape index (κ3) is 2.42. The SMILES string of the molecule is CC(C)(C)c1ccc(-c2cn3cc(C#N)cc3c(=O)[nH]2)cc1. The van der Waals surface area contributed by atoms with E-state index in [0.29, 0.717) is 11.1 Å². The maximum absolute atomic E-state index is 12.1. The highest BCUT2D eigenvalue weighted by molar-refractivity contribution is 5.62. The van der Waals surface area contributed by atoms with Crippen molar-refractivity contribution in [2.24, 2.45) is 0 Å². The van der Waals surface area contributed by atoms with E-state index >= 15 is 0 Å². The lowest BCUT2D eigenvalue weighted by atomic mass is 9.86. The highest BCUT2D eigenvalue weighted by atomic mass is 16.1. The van der Waals surface area contributed by atoms with Crippen molar-refractivity contribution in [3.05, 3.63) is 64.2 Å². The molecule has 4 nitrogen and oxygen atoms in total. The van der Waals surface area contributed by atoms with Gasteiger partial charge in [-0.25, -0.2) is 0 Å². The molecule has 0 aliphatic heterocycles. The summed E-state index contributed by atoms with van der Waals surface area (Å²) in [6.45, 7) is 6.50. The van der Waals surface area contributed by atoms with Crippen LogP contribution in [0.3, 0.4) is 0 Å². The summed E-state index contributed by atoms with van der Waals surface area (Å²) in [7, 11) is 0. The number of nitriles is 1. The largest absolute Gasteiger partial charge is 0.319 e. The number of hydrogen-bond acceptors (Lipinski definition) is 2. The van der Waals surface area contributed by atoms with Crippen LogP contribution in [0.5, 0.6) is 0 Å². The van der Waals surface area contributed by atoms with Gasteiger partial charge in [-0.1, -0.05) is 45.0 Å². The number of fused-ring (bicyclic) bond motifs is 1. The van der Waals surface area contributed by atoms with Gasteiger partial charge in [0.15, 0.2) is 0 Å². The molecule has 3 rings (SSSR count). The first-order chi connectivity index (χ1) is 10.4. The fourth-order valence-corrected chi connectivity index (χ4v) is 2.48. The van der Waals surface area contributed by atoms with Crippen LogP contribution in [0.25, 0.3) is 16.8 Å². The molecular formula is C18H17N3O. The molecule has 0 aliphatic carbocycles. The van der Waals surface area contributed by atoms with Crippen LogP contribution in [0.4, 0.5) is 0 Å². The van der Waals surface area contributed by atoms with Gasteiger partial charge in [-0.3, -0.25) is 4.79 Å². The van der Waals surface area contributed by atoms with E-state index in [9.17, 15) is 4.79 Å². The summed E-state index contributed by atoms with van der Waals surface area (Å²) in [6, 6.07) is 11.8. The Labute approximate surface area is 128 Å². The monoisotopic (exact) mass is 291 g/mol. The van der Waals surface area contributed by atoms with Gasteiger partial charge in [0.2, 0.25) is 0 Å². The minimum absolute atomic E-state index is 0.0953. The van der Waals surface area contributed by atoms with Crippen molar-refractivity contribution in [2.75, 3.05) is 0 Å². The maximum Gasteiger partial charge on any atom is 0.272 e. The van der Waals surface area contributed by atoms with Crippen molar-refractivity contribution in [1.29, 1.82) is 5.26 Å². The molecule has 22 heavy (non-hydrogen) atoms. The van der Waals surface area contributed by atoms with Gasteiger partial charge in [-0.05, 0) is 22.6 Å². The number of nitrogens with zero attached hydrogens (tertiary/aromatic N) is 2. The number of aromatic nitrogens is 2. The molecule has 0 spiro atoms. The minimum Gasteiger partial charge on any atom is -0.319 e. The molecule has 3 aromatic rings. The normalized spacial score (nSPS) is 11.5. The molecule has 0 unspecified atom stereocenters. The first kappa shape index (κ1) is 14.2. The van der Waals surface area contributed by atoms with E-state index in [1.165, 1.54) is 5.56 Å². The van der Waals surface area contributed by atoms with E-state index in [1.54, 1.807) is 16.7 Å². The number of aromatic amines is 1. The van der Waals surface area contributed by atoms with Gasteiger partial charge in [0.25, 0.3) is 5.56 Å². The molecule has 0 saturated heterocycles. The van der Waals surface area contributed by atoms with Crippen LogP contribution < -0.4 is 5.56 Å². The van der Waals surface area contributed by atoms with Gasteiger partial charge < -0.3 is 9.38 Å². The van der Waals surface area contributed by atoms with Crippen LogP contribution in [0, 0.1) is 11.3 Å². The lowest BCUT2D eigenvalue weighted by molar-refractivity contribution is 0.590. The Balaban J connectivity index is 2.10. The quantitative estimate of drug-likeness (QED) is 0.746. The molecule has 0 atom stereocenters. The third-order valence-electron chi connectivity index (χ3n) is 3.79. The average Bonchev–Trinajstić information content (AvgIpc) is 2.90. The van der Waals surface area contributed by atoms with Crippen LogP contribution in [-0.4, -0.2) is 9.38 Å². The highest BCUT2D eigenvalue weighted by Crippen LogP contribution is 2.25. The number of nitrogens with one attached hydrogen (secondary N) is 1. The third-order valence-corrected chi connectivity index (χ3v) is 3.79. The first-order valence-electron chi connectivity index (χ1n) is 7.14. The van der Waals surface area contributed by atoms with Gasteiger partial charge in [-0.2, -0.15) is 5.26 Å². The molecule has 4 heteroatoms. The zero-order chi connectivity index (χ0) is 15.9. The fraction of sp³-hybridized carbons (Fsp3) is 0.222. The first-order valence-corrected chi connectivity index (χ1v) is 7.14. The Morgan fingerprint density at radius 1 is 1.14 bits per heavy atom. The molecule has 1 N–H and O–H groups in total. The standard InChI is InChI=1S/C18H17N3O/c1-18(2,3)14-6-4-13(5-7-14)15-11-21-10-12(9-19)8-16(21)17(22)20-15/h4-8,10-11H,1-3H3,(H,20,22). The zero-order valence-electron chi connectivity index (χ0n) is 12.8. The van der Waals surface area contributed by atoms with Crippen LogP contribution in [-0.2, 0) is 5.41 Å². The van der Waals surface area contributed by atoms with Crippen molar-refractivity contribution < 1.29 is 0 Å². The summed E-state index contributed by atoms with van der Waals surface area (Å²) in [5, 5.41) is 8.95. The van der Waals surface area contributed by atoms with E-state index in [0.717, 1.165) is 11.3 Å². The van der Waals surface area contributed by atoms with Crippen LogP contribution in [0.15, 0.2) is 47.5 Å². The van der Waals surface area contributed by atoms with Crippen LogP contribution in [0.1, 0.15) is 31.9 Å². The fourth-order valence-electron chi connectivity index (χ4n) is 2.48. The number of hydrogen-bond donors (Lipinski definition) is 1. The van der Waals surface area contributed by atoms with Crippen molar-refractivity contribution in [3.8, 4) is 17.3 Å². The van der Waals surface area contributed by atoms with E-state index < -0.39 is 0 Å². The summed E-state index contributed by atoms with van der Waals surface area (Å²) in [6.07, 6.45) is 3.50. The minimum atomic E-state index is -0.195. The van der Waals surface area contributed by atoms with E-state index in [4.69, 9.17) is 5.26 Å². The highest BCUT2D eigenvalue weighted by Gasteiger charge is 2.13. The Kier molecular flexibility index (Phi) is 3.14. The maximum atomic E-state index is 12.1.